The smallest absolute Gasteiger partial charge is 0.244 e. The number of nitrogens with one attached hydrogen (secondary N) is 1. The molecule has 0 saturated carbocycles. The third-order valence-electron chi connectivity index (χ3n) is 3.80. The predicted octanol–water partition coefficient (Wildman–Crippen LogP) is 2.72. The zero-order chi connectivity index (χ0) is 18.2. The van der Waals surface area contributed by atoms with Gasteiger partial charge in [0.1, 0.15) is 12.7 Å². The maximum Gasteiger partial charge on any atom is 0.244 e. The number of hydrogen-bond acceptors (Lipinski definition) is 4. The Bertz CT molecular complexity index is 926. The van der Waals surface area contributed by atoms with E-state index in [2.05, 4.69) is 21.5 Å². The molecule has 0 unspecified atom stereocenters. The lowest BCUT2D eigenvalue weighted by atomic mass is 10.1. The molecule has 0 fully saturated rings. The summed E-state index contributed by atoms with van der Waals surface area (Å²) in [5.41, 5.74) is 2.34. The minimum atomic E-state index is -0.236. The molecule has 0 aliphatic carbocycles. The van der Waals surface area contributed by atoms with Crippen molar-refractivity contribution >= 4 is 12.0 Å². The van der Waals surface area contributed by atoms with Gasteiger partial charge in [-0.2, -0.15) is 10.4 Å². The van der Waals surface area contributed by atoms with Crippen LogP contribution in [0.15, 0.2) is 73.3 Å². The fourth-order valence-electron chi connectivity index (χ4n) is 2.54. The summed E-state index contributed by atoms with van der Waals surface area (Å²) in [4.78, 5) is 16.3. The van der Waals surface area contributed by atoms with E-state index in [0.29, 0.717) is 12.1 Å². The van der Waals surface area contributed by atoms with Gasteiger partial charge in [-0.3, -0.25) is 9.48 Å². The molecule has 0 aliphatic rings. The van der Waals surface area contributed by atoms with Gasteiger partial charge in [0.15, 0.2) is 0 Å². The van der Waals surface area contributed by atoms with Gasteiger partial charge < -0.3 is 5.32 Å². The molecule has 3 aromatic rings. The summed E-state index contributed by atoms with van der Waals surface area (Å²) in [5, 5.41) is 16.0. The van der Waals surface area contributed by atoms with E-state index in [1.807, 2.05) is 36.4 Å². The Kier molecular flexibility index (Phi) is 5.53. The second kappa shape index (κ2) is 8.40. The number of carbonyl (C=O) groups is 1. The second-order valence-electron chi connectivity index (χ2n) is 5.66. The highest BCUT2D eigenvalue weighted by Gasteiger charge is 2.14. The molecule has 6 heteroatoms. The first-order valence-electron chi connectivity index (χ1n) is 8.11. The zero-order valence-corrected chi connectivity index (χ0v) is 14.0. The SMILES string of the molecule is N#Cc1cccc(/C=C\C(=O)N[C@@H](Cn2cncn2)c2ccccc2)c1. The topological polar surface area (TPSA) is 83.6 Å². The van der Waals surface area contributed by atoms with Crippen molar-refractivity contribution in [3.63, 3.8) is 0 Å². The fraction of sp³-hybridized carbons (Fsp3) is 0.100. The van der Waals surface area contributed by atoms with Gasteiger partial charge in [0, 0.05) is 6.08 Å². The van der Waals surface area contributed by atoms with Crippen LogP contribution in [0.3, 0.4) is 0 Å². The molecule has 6 nitrogen and oxygen atoms in total. The molecule has 1 aromatic heterocycles. The molecule has 0 aliphatic heterocycles. The summed E-state index contributed by atoms with van der Waals surface area (Å²) in [6.45, 7) is 0.480. The van der Waals surface area contributed by atoms with E-state index < -0.39 is 0 Å². The largest absolute Gasteiger partial charge is 0.344 e. The summed E-state index contributed by atoms with van der Waals surface area (Å²) in [6.07, 6.45) is 6.23. The monoisotopic (exact) mass is 343 g/mol. The van der Waals surface area contributed by atoms with E-state index in [1.165, 1.54) is 12.4 Å². The van der Waals surface area contributed by atoms with Gasteiger partial charge in [0.2, 0.25) is 5.91 Å². The lowest BCUT2D eigenvalue weighted by Gasteiger charge is -2.18. The van der Waals surface area contributed by atoms with Gasteiger partial charge in [0.05, 0.1) is 24.2 Å². The highest BCUT2D eigenvalue weighted by atomic mass is 16.1. The summed E-state index contributed by atoms with van der Waals surface area (Å²) in [5.74, 6) is -0.221. The number of rotatable bonds is 6. The van der Waals surface area contributed by atoms with E-state index >= 15 is 0 Å². The van der Waals surface area contributed by atoms with Crippen molar-refractivity contribution in [2.45, 2.75) is 12.6 Å². The summed E-state index contributed by atoms with van der Waals surface area (Å²) in [6, 6.07) is 18.6. The van der Waals surface area contributed by atoms with E-state index in [9.17, 15) is 4.79 Å². The van der Waals surface area contributed by atoms with Crippen LogP contribution >= 0.6 is 0 Å². The molecule has 1 amide bonds. The molecule has 1 N–H and O–H groups in total. The van der Waals surface area contributed by atoms with Gasteiger partial charge in [-0.1, -0.05) is 42.5 Å². The summed E-state index contributed by atoms with van der Waals surface area (Å²) >= 11 is 0. The van der Waals surface area contributed by atoms with Crippen LogP contribution in [0, 0.1) is 11.3 Å². The first-order valence-corrected chi connectivity index (χ1v) is 8.11. The molecule has 0 bridgehead atoms. The molecular weight excluding hydrogens is 326 g/mol. The normalized spacial score (nSPS) is 11.8. The minimum absolute atomic E-state index is 0.221. The van der Waals surface area contributed by atoms with Crippen LogP contribution < -0.4 is 5.32 Å². The minimum Gasteiger partial charge on any atom is -0.344 e. The Labute approximate surface area is 151 Å². The predicted molar refractivity (Wildman–Crippen MR) is 97.5 cm³/mol. The van der Waals surface area contributed by atoms with Crippen LogP contribution in [0.1, 0.15) is 22.7 Å². The lowest BCUT2D eigenvalue weighted by Crippen LogP contribution is -2.30. The van der Waals surface area contributed by atoms with Crippen LogP contribution in [0.4, 0.5) is 0 Å². The number of hydrogen-bond donors (Lipinski definition) is 1. The molecule has 0 saturated heterocycles. The maximum atomic E-state index is 12.4. The van der Waals surface area contributed by atoms with Crippen molar-refractivity contribution in [1.82, 2.24) is 20.1 Å². The van der Waals surface area contributed by atoms with E-state index in [1.54, 1.807) is 35.3 Å². The highest BCUT2D eigenvalue weighted by molar-refractivity contribution is 5.92. The number of nitrogens with zero attached hydrogens (tertiary/aromatic N) is 4. The number of carbonyl (C=O) groups excluding carboxylic acids is 1. The fourth-order valence-corrected chi connectivity index (χ4v) is 2.54. The quantitative estimate of drug-likeness (QED) is 0.698. The summed E-state index contributed by atoms with van der Waals surface area (Å²) < 4.78 is 1.68. The number of aromatic nitrogens is 3. The van der Waals surface area contributed by atoms with Crippen molar-refractivity contribution in [2.24, 2.45) is 0 Å². The van der Waals surface area contributed by atoms with Gasteiger partial charge in [-0.05, 0) is 29.3 Å². The van der Waals surface area contributed by atoms with Crippen LogP contribution in [0.5, 0.6) is 0 Å². The van der Waals surface area contributed by atoms with Gasteiger partial charge in [-0.15, -0.1) is 0 Å². The zero-order valence-electron chi connectivity index (χ0n) is 14.0. The Morgan fingerprint density at radius 3 is 2.81 bits per heavy atom. The van der Waals surface area contributed by atoms with E-state index in [0.717, 1.165) is 11.1 Å². The maximum absolute atomic E-state index is 12.4. The highest BCUT2D eigenvalue weighted by Crippen LogP contribution is 2.15. The number of benzene rings is 2. The van der Waals surface area contributed by atoms with Crippen LogP contribution in [0.25, 0.3) is 6.08 Å². The van der Waals surface area contributed by atoms with Crippen LogP contribution in [-0.2, 0) is 11.3 Å². The molecule has 2 aromatic carbocycles. The van der Waals surface area contributed by atoms with Crippen molar-refractivity contribution < 1.29 is 4.79 Å². The van der Waals surface area contributed by atoms with Crippen molar-refractivity contribution in [3.8, 4) is 6.07 Å². The third kappa shape index (κ3) is 4.65. The molecule has 3 rings (SSSR count). The van der Waals surface area contributed by atoms with Gasteiger partial charge >= 0.3 is 0 Å². The number of nitriles is 1. The molecule has 1 atom stereocenters. The standard InChI is InChI=1S/C20H17N5O/c21-12-17-6-4-5-16(11-17)9-10-20(26)24-19(13-25-15-22-14-23-25)18-7-2-1-3-8-18/h1-11,14-15,19H,13H2,(H,24,26)/b10-9-/t19-/m0/s1. The number of amides is 1. The van der Waals surface area contributed by atoms with Crippen molar-refractivity contribution in [3.05, 3.63) is 90.0 Å². The first kappa shape index (κ1) is 17.1. The van der Waals surface area contributed by atoms with Crippen molar-refractivity contribution in [2.75, 3.05) is 0 Å². The van der Waals surface area contributed by atoms with Crippen LogP contribution in [0.2, 0.25) is 0 Å². The summed E-state index contributed by atoms with van der Waals surface area (Å²) in [7, 11) is 0. The van der Waals surface area contributed by atoms with Gasteiger partial charge in [0.25, 0.3) is 0 Å². The molecule has 26 heavy (non-hydrogen) atoms. The van der Waals surface area contributed by atoms with Crippen LogP contribution in [-0.4, -0.2) is 20.7 Å². The second-order valence-corrected chi connectivity index (χ2v) is 5.66. The molecule has 0 radical (unpaired) electrons. The lowest BCUT2D eigenvalue weighted by molar-refractivity contribution is -0.117. The Morgan fingerprint density at radius 1 is 1.23 bits per heavy atom. The molecule has 128 valence electrons. The molecule has 1 heterocycles. The third-order valence-corrected chi connectivity index (χ3v) is 3.80. The average Bonchev–Trinajstić information content (AvgIpc) is 3.20. The van der Waals surface area contributed by atoms with Gasteiger partial charge in [-0.25, -0.2) is 4.98 Å². The van der Waals surface area contributed by atoms with E-state index in [4.69, 9.17) is 5.26 Å². The first-order chi connectivity index (χ1) is 12.7. The van der Waals surface area contributed by atoms with E-state index in [-0.39, 0.29) is 11.9 Å². The Hall–Kier alpha value is -3.72. The molecule has 0 spiro atoms. The Balaban J connectivity index is 1.72. The van der Waals surface area contributed by atoms with Crippen molar-refractivity contribution in [1.29, 1.82) is 5.26 Å². The molecular formula is C20H17N5O. The average molecular weight is 343 g/mol. The Morgan fingerprint density at radius 2 is 2.08 bits per heavy atom.